The third kappa shape index (κ3) is 7.93. The van der Waals surface area contributed by atoms with Crippen LogP contribution in [0.5, 0.6) is 5.75 Å². The van der Waals surface area contributed by atoms with Crippen LogP contribution in [0.25, 0.3) is 0 Å². The number of hydrogen-bond acceptors (Lipinski definition) is 4. The van der Waals surface area contributed by atoms with Gasteiger partial charge in [0.1, 0.15) is 5.75 Å². The summed E-state index contributed by atoms with van der Waals surface area (Å²) in [5.41, 5.74) is 5.37. The van der Waals surface area contributed by atoms with Gasteiger partial charge in [0.05, 0.1) is 17.3 Å². The maximum Gasteiger partial charge on any atom is 0.269 e. The second-order valence-corrected chi connectivity index (χ2v) is 7.24. The minimum Gasteiger partial charge on any atom is -0.494 e. The number of anilines is 1. The molecule has 3 amide bonds. The van der Waals surface area contributed by atoms with Gasteiger partial charge in [-0.25, -0.2) is 0 Å². The summed E-state index contributed by atoms with van der Waals surface area (Å²) in [6.45, 7) is 2.70. The van der Waals surface area contributed by atoms with Crippen LogP contribution in [-0.4, -0.2) is 24.3 Å². The quantitative estimate of drug-likeness (QED) is 0.389. The van der Waals surface area contributed by atoms with Gasteiger partial charge in [0.15, 0.2) is 0 Å². The van der Waals surface area contributed by atoms with Crippen LogP contribution < -0.4 is 20.9 Å². The standard InChI is InChI=1S/C21H23Cl2N3O4/c1-2-3-12-30-16-7-4-14(5-8-16)21(29)26-25-20(28)11-10-19(27)24-18-9-6-15(22)13-17(18)23/h4-9,13H,2-3,10-12H2,1H3,(H,24,27)(H,25,28)(H,26,29). The Labute approximate surface area is 185 Å². The molecule has 0 bridgehead atoms. The molecule has 0 saturated heterocycles. The smallest absolute Gasteiger partial charge is 0.269 e. The maximum absolute atomic E-state index is 12.1. The van der Waals surface area contributed by atoms with Crippen LogP contribution in [0.1, 0.15) is 43.0 Å². The largest absolute Gasteiger partial charge is 0.494 e. The highest BCUT2D eigenvalue weighted by molar-refractivity contribution is 6.36. The summed E-state index contributed by atoms with van der Waals surface area (Å²) in [6, 6.07) is 11.3. The SMILES string of the molecule is CCCCOc1ccc(C(=O)NNC(=O)CCC(=O)Nc2ccc(Cl)cc2Cl)cc1. The van der Waals surface area contributed by atoms with Crippen molar-refractivity contribution in [3.05, 3.63) is 58.1 Å². The normalized spacial score (nSPS) is 10.2. The predicted molar refractivity (Wildman–Crippen MR) is 117 cm³/mol. The second-order valence-electron chi connectivity index (χ2n) is 6.40. The van der Waals surface area contributed by atoms with E-state index in [1.807, 2.05) is 0 Å². The highest BCUT2D eigenvalue weighted by atomic mass is 35.5. The van der Waals surface area contributed by atoms with E-state index in [-0.39, 0.29) is 18.7 Å². The van der Waals surface area contributed by atoms with Crippen LogP contribution in [0.15, 0.2) is 42.5 Å². The molecule has 0 atom stereocenters. The van der Waals surface area contributed by atoms with Crippen molar-refractivity contribution in [2.24, 2.45) is 0 Å². The summed E-state index contributed by atoms with van der Waals surface area (Å²) < 4.78 is 5.54. The van der Waals surface area contributed by atoms with Gasteiger partial charge in [-0.2, -0.15) is 0 Å². The number of carbonyl (C=O) groups excluding carboxylic acids is 3. The average molecular weight is 452 g/mol. The molecule has 30 heavy (non-hydrogen) atoms. The van der Waals surface area contributed by atoms with Gasteiger partial charge in [-0.05, 0) is 48.9 Å². The third-order valence-corrected chi connectivity index (χ3v) is 4.53. The van der Waals surface area contributed by atoms with Gasteiger partial charge in [-0.1, -0.05) is 36.5 Å². The number of benzene rings is 2. The molecule has 0 aliphatic rings. The van der Waals surface area contributed by atoms with Crippen molar-refractivity contribution >= 4 is 46.6 Å². The average Bonchev–Trinajstić information content (AvgIpc) is 2.73. The van der Waals surface area contributed by atoms with Gasteiger partial charge >= 0.3 is 0 Å². The molecule has 0 aliphatic carbocycles. The fourth-order valence-electron chi connectivity index (χ4n) is 2.33. The predicted octanol–water partition coefficient (Wildman–Crippen LogP) is 4.35. The number of hydrogen-bond donors (Lipinski definition) is 3. The van der Waals surface area contributed by atoms with E-state index < -0.39 is 11.8 Å². The Bertz CT molecular complexity index is 888. The van der Waals surface area contributed by atoms with Crippen LogP contribution in [-0.2, 0) is 9.59 Å². The fraction of sp³-hybridized carbons (Fsp3) is 0.286. The molecule has 7 nitrogen and oxygen atoms in total. The number of nitrogens with one attached hydrogen (secondary N) is 3. The van der Waals surface area contributed by atoms with Gasteiger partial charge in [-0.3, -0.25) is 25.2 Å². The van der Waals surface area contributed by atoms with Crippen LogP contribution in [0.4, 0.5) is 5.69 Å². The van der Waals surface area contributed by atoms with E-state index in [2.05, 4.69) is 23.1 Å². The lowest BCUT2D eigenvalue weighted by Crippen LogP contribution is -2.41. The van der Waals surface area contributed by atoms with Crippen molar-refractivity contribution in [3.8, 4) is 5.75 Å². The Kier molecular flexibility index (Phi) is 9.44. The van der Waals surface area contributed by atoms with Gasteiger partial charge in [0.2, 0.25) is 11.8 Å². The minimum absolute atomic E-state index is 0.0789. The van der Waals surface area contributed by atoms with E-state index in [4.69, 9.17) is 27.9 Å². The van der Waals surface area contributed by atoms with E-state index in [1.54, 1.807) is 36.4 Å². The molecule has 0 fully saturated rings. The molecule has 0 spiro atoms. The topological polar surface area (TPSA) is 96.5 Å². The monoisotopic (exact) mass is 451 g/mol. The number of ether oxygens (including phenoxy) is 1. The highest BCUT2D eigenvalue weighted by Gasteiger charge is 2.11. The zero-order chi connectivity index (χ0) is 21.9. The lowest BCUT2D eigenvalue weighted by Gasteiger charge is -2.09. The van der Waals surface area contributed by atoms with Crippen molar-refractivity contribution in [2.45, 2.75) is 32.6 Å². The fourth-order valence-corrected chi connectivity index (χ4v) is 2.78. The summed E-state index contributed by atoms with van der Waals surface area (Å²) in [5.74, 6) is -0.684. The lowest BCUT2D eigenvalue weighted by atomic mass is 10.2. The van der Waals surface area contributed by atoms with Gasteiger partial charge in [-0.15, -0.1) is 0 Å². The first kappa shape index (κ1) is 23.5. The zero-order valence-corrected chi connectivity index (χ0v) is 18.0. The van der Waals surface area contributed by atoms with Crippen LogP contribution in [0.3, 0.4) is 0 Å². The molecule has 2 aromatic carbocycles. The minimum atomic E-state index is -0.500. The van der Waals surface area contributed by atoms with Crippen LogP contribution in [0.2, 0.25) is 10.0 Å². The van der Waals surface area contributed by atoms with E-state index in [0.717, 1.165) is 12.8 Å². The van der Waals surface area contributed by atoms with Crippen molar-refractivity contribution in [1.29, 1.82) is 0 Å². The number of halogens is 2. The number of rotatable bonds is 9. The Hall–Kier alpha value is -2.77. The summed E-state index contributed by atoms with van der Waals surface area (Å²) in [4.78, 5) is 35.9. The first-order valence-electron chi connectivity index (χ1n) is 9.46. The molecule has 9 heteroatoms. The Balaban J connectivity index is 1.72. The summed E-state index contributed by atoms with van der Waals surface area (Å²) >= 11 is 11.8. The number of carbonyl (C=O) groups is 3. The summed E-state index contributed by atoms with van der Waals surface area (Å²) in [6.07, 6.45) is 1.81. The Morgan fingerprint density at radius 1 is 0.933 bits per heavy atom. The van der Waals surface area contributed by atoms with E-state index in [0.29, 0.717) is 33.7 Å². The third-order valence-electron chi connectivity index (χ3n) is 3.98. The van der Waals surface area contributed by atoms with E-state index in [1.165, 1.54) is 6.07 Å². The lowest BCUT2D eigenvalue weighted by molar-refractivity contribution is -0.124. The van der Waals surface area contributed by atoms with Crippen LogP contribution >= 0.6 is 23.2 Å². The molecular formula is C21H23Cl2N3O4. The van der Waals surface area contributed by atoms with Gasteiger partial charge < -0.3 is 10.1 Å². The highest BCUT2D eigenvalue weighted by Crippen LogP contribution is 2.25. The molecule has 0 aromatic heterocycles. The number of hydrazine groups is 1. The Morgan fingerprint density at radius 3 is 2.30 bits per heavy atom. The number of unbranched alkanes of at least 4 members (excludes halogenated alkanes) is 1. The molecule has 0 saturated carbocycles. The summed E-state index contributed by atoms with van der Waals surface area (Å²) in [5, 5.41) is 3.35. The molecule has 0 radical (unpaired) electrons. The molecule has 2 rings (SSSR count). The van der Waals surface area contributed by atoms with E-state index >= 15 is 0 Å². The first-order chi connectivity index (χ1) is 14.4. The molecule has 160 valence electrons. The van der Waals surface area contributed by atoms with E-state index in [9.17, 15) is 14.4 Å². The zero-order valence-electron chi connectivity index (χ0n) is 16.5. The van der Waals surface area contributed by atoms with Crippen molar-refractivity contribution in [3.63, 3.8) is 0 Å². The molecular weight excluding hydrogens is 429 g/mol. The summed E-state index contributed by atoms with van der Waals surface area (Å²) in [7, 11) is 0. The number of amides is 3. The molecule has 0 unspecified atom stereocenters. The Morgan fingerprint density at radius 2 is 1.63 bits per heavy atom. The molecule has 3 N–H and O–H groups in total. The van der Waals surface area contributed by atoms with Crippen molar-refractivity contribution < 1.29 is 19.1 Å². The maximum atomic E-state index is 12.1. The molecule has 0 aliphatic heterocycles. The second kappa shape index (κ2) is 12.0. The molecule has 0 heterocycles. The van der Waals surface area contributed by atoms with Crippen molar-refractivity contribution in [2.75, 3.05) is 11.9 Å². The van der Waals surface area contributed by atoms with Crippen LogP contribution in [0, 0.1) is 0 Å². The molecule has 2 aromatic rings. The van der Waals surface area contributed by atoms with Crippen molar-refractivity contribution in [1.82, 2.24) is 10.9 Å². The first-order valence-corrected chi connectivity index (χ1v) is 10.2. The van der Waals surface area contributed by atoms with Gasteiger partial charge in [0, 0.05) is 23.4 Å². The van der Waals surface area contributed by atoms with Gasteiger partial charge in [0.25, 0.3) is 5.91 Å².